The van der Waals surface area contributed by atoms with Gasteiger partial charge in [0.15, 0.2) is 0 Å². The second-order valence-electron chi connectivity index (χ2n) is 2.95. The number of rotatable bonds is 3. The van der Waals surface area contributed by atoms with Gasteiger partial charge in [-0.1, -0.05) is 0 Å². The second kappa shape index (κ2) is 3.71. The highest BCUT2D eigenvalue weighted by Crippen LogP contribution is 2.24. The van der Waals surface area contributed by atoms with Crippen molar-refractivity contribution in [3.63, 3.8) is 0 Å². The number of nitrogens with one attached hydrogen (secondary N) is 1. The molecule has 0 heterocycles. The number of ketones is 1. The third-order valence-electron chi connectivity index (χ3n) is 2.16. The van der Waals surface area contributed by atoms with Crippen LogP contribution in [0.5, 0.6) is 0 Å². The third kappa shape index (κ3) is 1.81. The Morgan fingerprint density at radius 3 is 2.90 bits per heavy atom. The van der Waals surface area contributed by atoms with Crippen LogP contribution in [0.2, 0.25) is 0 Å². The molecule has 1 aliphatic rings. The van der Waals surface area contributed by atoms with Crippen LogP contribution in [-0.4, -0.2) is 12.3 Å². The molecule has 57 valence electrons. The maximum Gasteiger partial charge on any atom is 0.135 e. The fourth-order valence-corrected chi connectivity index (χ4v) is 1.54. The largest absolute Gasteiger partial charge is 0.299 e. The third-order valence-corrected chi connectivity index (χ3v) is 2.16. The molecule has 0 aliphatic heterocycles. The van der Waals surface area contributed by atoms with Gasteiger partial charge in [-0.25, -0.2) is 0 Å². The normalized spacial score (nSPS) is 25.7. The lowest BCUT2D eigenvalue weighted by molar-refractivity contribution is -0.120. The summed E-state index contributed by atoms with van der Waals surface area (Å²) in [5, 5.41) is 0. The first-order chi connectivity index (χ1) is 4.84. The van der Waals surface area contributed by atoms with Crippen molar-refractivity contribution in [3.8, 4) is 0 Å². The van der Waals surface area contributed by atoms with Crippen molar-refractivity contribution in [2.45, 2.75) is 32.1 Å². The van der Waals surface area contributed by atoms with Crippen LogP contribution >= 0.6 is 0 Å². The lowest BCUT2D eigenvalue weighted by Gasteiger charge is -2.04. The van der Waals surface area contributed by atoms with Crippen molar-refractivity contribution in [2.75, 3.05) is 6.54 Å². The average Bonchev–Trinajstić information content (AvgIpc) is 2.31. The molecule has 1 N–H and O–H groups in total. The van der Waals surface area contributed by atoms with Gasteiger partial charge in [0, 0.05) is 18.9 Å². The van der Waals surface area contributed by atoms with Gasteiger partial charge in [0.05, 0.1) is 0 Å². The predicted molar refractivity (Wildman–Crippen MR) is 39.5 cm³/mol. The molecule has 0 bridgehead atoms. The monoisotopic (exact) mass is 140 g/mol. The van der Waals surface area contributed by atoms with Crippen LogP contribution in [0.25, 0.3) is 0 Å². The first-order valence-corrected chi connectivity index (χ1v) is 4.02. The minimum absolute atomic E-state index is 0.324. The molecule has 1 radical (unpaired) electrons. The molecule has 1 unspecified atom stereocenters. The zero-order valence-electron chi connectivity index (χ0n) is 6.23. The minimum Gasteiger partial charge on any atom is -0.299 e. The van der Waals surface area contributed by atoms with Crippen molar-refractivity contribution in [3.05, 3.63) is 0 Å². The number of carbonyl (C=O) groups is 1. The maximum absolute atomic E-state index is 11.0. The van der Waals surface area contributed by atoms with Gasteiger partial charge >= 0.3 is 0 Å². The first kappa shape index (κ1) is 7.73. The molecule has 2 nitrogen and oxygen atoms in total. The summed E-state index contributed by atoms with van der Waals surface area (Å²) in [6.07, 6.45) is 4.82. The summed E-state index contributed by atoms with van der Waals surface area (Å²) in [4.78, 5) is 11.0. The molecule has 0 aromatic carbocycles. The van der Waals surface area contributed by atoms with E-state index >= 15 is 0 Å². The fraction of sp³-hybridized carbons (Fsp3) is 0.875. The van der Waals surface area contributed by atoms with Crippen LogP contribution in [-0.2, 0) is 4.79 Å². The lowest BCUT2D eigenvalue weighted by Crippen LogP contribution is -2.06. The van der Waals surface area contributed by atoms with Gasteiger partial charge in [0.1, 0.15) is 5.78 Å². The van der Waals surface area contributed by atoms with E-state index < -0.39 is 0 Å². The lowest BCUT2D eigenvalue weighted by atomic mass is 10.0. The van der Waals surface area contributed by atoms with Crippen LogP contribution in [0.1, 0.15) is 32.1 Å². The topological polar surface area (TPSA) is 40.9 Å². The van der Waals surface area contributed by atoms with E-state index in [9.17, 15) is 4.79 Å². The Kier molecular flexibility index (Phi) is 2.87. The van der Waals surface area contributed by atoms with E-state index in [2.05, 4.69) is 0 Å². The predicted octanol–water partition coefficient (Wildman–Crippen LogP) is 1.42. The summed E-state index contributed by atoms with van der Waals surface area (Å²) < 4.78 is 0. The van der Waals surface area contributed by atoms with Crippen molar-refractivity contribution < 1.29 is 4.79 Å². The highest BCUT2D eigenvalue weighted by atomic mass is 16.1. The Bertz CT molecular complexity index is 122. The van der Waals surface area contributed by atoms with Crippen molar-refractivity contribution in [1.82, 2.24) is 5.73 Å². The van der Waals surface area contributed by atoms with Crippen LogP contribution in [0, 0.1) is 5.92 Å². The standard InChI is InChI=1S/C8H14NO/c9-6-2-4-7-3-1-5-8(7)10/h7,9H,1-6H2. The smallest absolute Gasteiger partial charge is 0.135 e. The van der Waals surface area contributed by atoms with Gasteiger partial charge in [-0.2, -0.15) is 0 Å². The molecular formula is C8H14NO. The fourth-order valence-electron chi connectivity index (χ4n) is 1.54. The van der Waals surface area contributed by atoms with Crippen molar-refractivity contribution in [2.24, 2.45) is 5.92 Å². The van der Waals surface area contributed by atoms with Gasteiger partial charge in [-0.15, -0.1) is 0 Å². The zero-order chi connectivity index (χ0) is 7.40. The number of carbonyl (C=O) groups excluding carboxylic acids is 1. The highest BCUT2D eigenvalue weighted by molar-refractivity contribution is 5.82. The van der Waals surface area contributed by atoms with Gasteiger partial charge in [-0.3, -0.25) is 10.5 Å². The number of hydrogen-bond donors (Lipinski definition) is 0. The van der Waals surface area contributed by atoms with Gasteiger partial charge in [0.25, 0.3) is 0 Å². The molecule has 2 heteroatoms. The van der Waals surface area contributed by atoms with E-state index in [-0.39, 0.29) is 0 Å². The van der Waals surface area contributed by atoms with Crippen molar-refractivity contribution >= 4 is 5.78 Å². The Morgan fingerprint density at radius 2 is 2.40 bits per heavy atom. The Morgan fingerprint density at radius 1 is 1.60 bits per heavy atom. The van der Waals surface area contributed by atoms with Crippen LogP contribution in [0.3, 0.4) is 0 Å². The van der Waals surface area contributed by atoms with Crippen LogP contribution in [0.15, 0.2) is 0 Å². The van der Waals surface area contributed by atoms with E-state index in [1.54, 1.807) is 0 Å². The van der Waals surface area contributed by atoms with E-state index in [1.165, 1.54) is 0 Å². The summed E-state index contributed by atoms with van der Waals surface area (Å²) in [6, 6.07) is 0. The molecule has 1 fully saturated rings. The number of Topliss-reactive ketones (excluding diaryl/α,β-unsaturated/α-hetero) is 1. The molecule has 10 heavy (non-hydrogen) atoms. The molecular weight excluding hydrogens is 126 g/mol. The average molecular weight is 140 g/mol. The van der Waals surface area contributed by atoms with E-state index in [1.807, 2.05) is 0 Å². The Hall–Kier alpha value is -0.370. The van der Waals surface area contributed by atoms with E-state index in [0.717, 1.165) is 32.1 Å². The molecule has 0 spiro atoms. The van der Waals surface area contributed by atoms with E-state index in [0.29, 0.717) is 18.2 Å². The molecule has 0 saturated heterocycles. The van der Waals surface area contributed by atoms with E-state index in [4.69, 9.17) is 5.73 Å². The molecule has 1 atom stereocenters. The summed E-state index contributed by atoms with van der Waals surface area (Å²) in [6.45, 7) is 0.476. The molecule has 1 saturated carbocycles. The summed E-state index contributed by atoms with van der Waals surface area (Å²) in [5.41, 5.74) is 6.92. The number of hydrogen-bond acceptors (Lipinski definition) is 1. The Balaban J connectivity index is 2.20. The van der Waals surface area contributed by atoms with Gasteiger partial charge < -0.3 is 0 Å². The second-order valence-corrected chi connectivity index (χ2v) is 2.95. The Labute approximate surface area is 61.8 Å². The summed E-state index contributed by atoms with van der Waals surface area (Å²) in [7, 11) is 0. The minimum atomic E-state index is 0.324. The summed E-state index contributed by atoms with van der Waals surface area (Å²) >= 11 is 0. The molecule has 0 amide bonds. The molecule has 1 rings (SSSR count). The highest BCUT2D eigenvalue weighted by Gasteiger charge is 2.22. The van der Waals surface area contributed by atoms with Crippen molar-refractivity contribution in [1.29, 1.82) is 0 Å². The SMILES string of the molecule is [NH]CCCC1CCCC1=O. The molecule has 0 aromatic rings. The van der Waals surface area contributed by atoms with Gasteiger partial charge in [-0.05, 0) is 25.7 Å². The first-order valence-electron chi connectivity index (χ1n) is 4.02. The zero-order valence-corrected chi connectivity index (χ0v) is 6.23. The summed E-state index contributed by atoms with van der Waals surface area (Å²) in [5.74, 6) is 0.763. The van der Waals surface area contributed by atoms with Gasteiger partial charge in [0.2, 0.25) is 0 Å². The van der Waals surface area contributed by atoms with Crippen LogP contribution in [0.4, 0.5) is 0 Å². The van der Waals surface area contributed by atoms with Crippen LogP contribution < -0.4 is 5.73 Å². The molecule has 1 aliphatic carbocycles. The quantitative estimate of drug-likeness (QED) is 0.584. The maximum atomic E-state index is 11.0. The molecule has 0 aromatic heterocycles.